The molecule has 0 spiro atoms. The zero-order valence-corrected chi connectivity index (χ0v) is 15.7. The summed E-state index contributed by atoms with van der Waals surface area (Å²) in [6.45, 7) is 1.75. The minimum absolute atomic E-state index is 0.204. The number of carbonyl (C=O) groups is 1. The fourth-order valence-corrected chi connectivity index (χ4v) is 4.73. The summed E-state index contributed by atoms with van der Waals surface area (Å²) in [7, 11) is -0.456. The molecule has 0 aliphatic carbocycles. The van der Waals surface area contributed by atoms with Crippen molar-refractivity contribution in [1.29, 1.82) is 0 Å². The minimum Gasteiger partial charge on any atom is -0.480 e. The number of ether oxygens (including phenoxy) is 1. The molecule has 3 rings (SSSR count). The third-order valence-electron chi connectivity index (χ3n) is 4.85. The number of aliphatic hydroxyl groups excluding tert-OH is 2. The smallest absolute Gasteiger partial charge is 0.325 e. The number of aromatic nitrogens is 4. The number of aliphatic hydroxyl groups is 2. The number of anilines is 1. The second kappa shape index (κ2) is 7.56. The van der Waals surface area contributed by atoms with Gasteiger partial charge in [-0.3, -0.25) is 9.36 Å². The Morgan fingerprint density at radius 2 is 2.07 bits per heavy atom. The molecule has 0 aromatic carbocycles. The van der Waals surface area contributed by atoms with Crippen LogP contribution in [0.15, 0.2) is 12.7 Å². The Bertz CT molecular complexity index is 834. The summed E-state index contributed by atoms with van der Waals surface area (Å²) in [5.74, 6) is -0.509. The number of rotatable bonds is 6. The Labute approximate surface area is 157 Å². The quantitative estimate of drug-likeness (QED) is 0.343. The van der Waals surface area contributed by atoms with E-state index < -0.39 is 47.4 Å². The SMILES string of the molecule is CC(C(N)C(=O)O)[S+](C)C[C@H]1O[C@@H](n2cnc3c(N)ncnc32)[C@H](O)[C@@H]1O. The molecule has 2 aromatic rings. The van der Waals surface area contributed by atoms with Crippen LogP contribution in [0.1, 0.15) is 13.2 Å². The van der Waals surface area contributed by atoms with E-state index >= 15 is 0 Å². The molecular weight excluding hydrogens is 376 g/mol. The average Bonchev–Trinajstić information content (AvgIpc) is 3.17. The molecule has 148 valence electrons. The maximum Gasteiger partial charge on any atom is 0.325 e. The van der Waals surface area contributed by atoms with E-state index in [0.717, 1.165) is 0 Å². The van der Waals surface area contributed by atoms with Crippen LogP contribution in [0.4, 0.5) is 5.82 Å². The Hall–Kier alpha value is -1.99. The molecule has 1 fully saturated rings. The number of fused-ring (bicyclic) bond motifs is 1. The highest BCUT2D eigenvalue weighted by atomic mass is 32.2. The maximum absolute atomic E-state index is 11.1. The molecule has 3 heterocycles. The summed E-state index contributed by atoms with van der Waals surface area (Å²) in [6, 6.07) is -1.00. The highest BCUT2D eigenvalue weighted by Crippen LogP contribution is 2.33. The van der Waals surface area contributed by atoms with Gasteiger partial charge in [0.1, 0.15) is 41.2 Å². The summed E-state index contributed by atoms with van der Waals surface area (Å²) < 4.78 is 7.38. The third-order valence-corrected chi connectivity index (χ3v) is 7.27. The highest BCUT2D eigenvalue weighted by Gasteiger charge is 2.48. The predicted octanol–water partition coefficient (Wildman–Crippen LogP) is -1.92. The Balaban J connectivity index is 1.77. The highest BCUT2D eigenvalue weighted by molar-refractivity contribution is 7.96. The van der Waals surface area contributed by atoms with E-state index in [0.29, 0.717) is 16.9 Å². The number of nitrogens with two attached hydrogens (primary N) is 2. The molecule has 27 heavy (non-hydrogen) atoms. The van der Waals surface area contributed by atoms with E-state index in [4.69, 9.17) is 21.3 Å². The lowest BCUT2D eigenvalue weighted by atomic mass is 10.1. The van der Waals surface area contributed by atoms with Gasteiger partial charge in [0.25, 0.3) is 0 Å². The molecule has 0 bridgehead atoms. The van der Waals surface area contributed by atoms with Crippen molar-refractivity contribution < 1.29 is 24.9 Å². The number of hydrogen-bond donors (Lipinski definition) is 5. The maximum atomic E-state index is 11.1. The molecule has 0 saturated carbocycles. The first-order valence-electron chi connectivity index (χ1n) is 8.26. The zero-order chi connectivity index (χ0) is 19.9. The molecule has 7 atom stereocenters. The molecule has 1 saturated heterocycles. The van der Waals surface area contributed by atoms with Gasteiger partial charge in [-0.15, -0.1) is 0 Å². The Kier molecular flexibility index (Phi) is 5.53. The van der Waals surface area contributed by atoms with Gasteiger partial charge < -0.3 is 31.5 Å². The Morgan fingerprint density at radius 3 is 2.74 bits per heavy atom. The summed E-state index contributed by atoms with van der Waals surface area (Å²) >= 11 is 0. The number of nitrogen functional groups attached to an aromatic ring is 1. The summed E-state index contributed by atoms with van der Waals surface area (Å²) in [6.07, 6.45) is 0.641. The number of carboxylic acids is 1. The van der Waals surface area contributed by atoms with Crippen LogP contribution in [0.3, 0.4) is 0 Å². The van der Waals surface area contributed by atoms with Crippen LogP contribution >= 0.6 is 0 Å². The molecule has 3 unspecified atom stereocenters. The van der Waals surface area contributed by atoms with Gasteiger partial charge >= 0.3 is 5.97 Å². The van der Waals surface area contributed by atoms with Crippen LogP contribution in [0.5, 0.6) is 0 Å². The lowest BCUT2D eigenvalue weighted by molar-refractivity contribution is -0.138. The van der Waals surface area contributed by atoms with Gasteiger partial charge in [-0.2, -0.15) is 0 Å². The van der Waals surface area contributed by atoms with Crippen LogP contribution in [0.25, 0.3) is 11.2 Å². The topological polar surface area (TPSA) is 183 Å². The van der Waals surface area contributed by atoms with Gasteiger partial charge in [-0.05, 0) is 17.8 Å². The van der Waals surface area contributed by atoms with Crippen molar-refractivity contribution in [2.24, 2.45) is 5.73 Å². The molecule has 12 heteroatoms. The van der Waals surface area contributed by atoms with Crippen molar-refractivity contribution in [1.82, 2.24) is 19.5 Å². The number of carboxylic acid groups (broad SMARTS) is 1. The van der Waals surface area contributed by atoms with Gasteiger partial charge in [0.15, 0.2) is 23.7 Å². The molecule has 1 aliphatic heterocycles. The second-order valence-electron chi connectivity index (χ2n) is 6.56. The Morgan fingerprint density at radius 1 is 1.37 bits per heavy atom. The molecule has 2 aromatic heterocycles. The van der Waals surface area contributed by atoms with Gasteiger partial charge in [0.05, 0.1) is 12.6 Å². The fourth-order valence-electron chi connectivity index (χ4n) is 3.01. The standard InChI is InChI=1S/C15H22N6O5S/c1-6(8(16)15(24)25)27(2)3-7-10(22)11(23)14(26-7)21-5-20-9-12(17)18-4-19-13(9)21/h4-8,10-11,14,22-23H,3,16H2,1-2H3,(H2-,17,18,19,24,25)/p+1/t6?,7-,8?,10-,11-,14-,27?/m1/s1. The lowest BCUT2D eigenvalue weighted by Gasteiger charge is -2.19. The van der Waals surface area contributed by atoms with Crippen molar-refractivity contribution in [2.75, 3.05) is 17.7 Å². The first kappa shape index (κ1) is 19.8. The van der Waals surface area contributed by atoms with Crippen molar-refractivity contribution in [3.8, 4) is 0 Å². The van der Waals surface area contributed by atoms with Gasteiger partial charge in [0.2, 0.25) is 0 Å². The van der Waals surface area contributed by atoms with Crippen molar-refractivity contribution in [3.63, 3.8) is 0 Å². The largest absolute Gasteiger partial charge is 0.480 e. The van der Waals surface area contributed by atoms with Crippen molar-refractivity contribution in [2.45, 2.75) is 42.8 Å². The van der Waals surface area contributed by atoms with Gasteiger partial charge in [-0.25, -0.2) is 15.0 Å². The normalized spacial score (nSPS) is 28.9. The first-order chi connectivity index (χ1) is 12.7. The van der Waals surface area contributed by atoms with Crippen molar-refractivity contribution >= 4 is 33.8 Å². The fraction of sp³-hybridized carbons (Fsp3) is 0.600. The van der Waals surface area contributed by atoms with Gasteiger partial charge in [0, 0.05) is 0 Å². The van der Waals surface area contributed by atoms with E-state index in [9.17, 15) is 15.0 Å². The number of nitrogens with zero attached hydrogens (tertiary/aromatic N) is 4. The van der Waals surface area contributed by atoms with Crippen LogP contribution < -0.4 is 11.5 Å². The predicted molar refractivity (Wildman–Crippen MR) is 98.9 cm³/mol. The van der Waals surface area contributed by atoms with Crippen LogP contribution in [-0.4, -0.2) is 82.4 Å². The van der Waals surface area contributed by atoms with E-state index in [-0.39, 0.29) is 11.1 Å². The van der Waals surface area contributed by atoms with Crippen LogP contribution in [0.2, 0.25) is 0 Å². The third kappa shape index (κ3) is 3.58. The van der Waals surface area contributed by atoms with Crippen LogP contribution in [-0.2, 0) is 20.4 Å². The number of hydrogen-bond acceptors (Lipinski definition) is 9. The second-order valence-corrected chi connectivity index (χ2v) is 9.02. The van der Waals surface area contributed by atoms with E-state index in [1.165, 1.54) is 17.2 Å². The first-order valence-corrected chi connectivity index (χ1v) is 10.1. The number of imidazole rings is 1. The molecular formula is C15H23N6O5S+. The van der Waals surface area contributed by atoms with Crippen LogP contribution in [0, 0.1) is 0 Å². The summed E-state index contributed by atoms with van der Waals surface area (Å²) in [4.78, 5) is 23.2. The van der Waals surface area contributed by atoms with E-state index in [2.05, 4.69) is 15.0 Å². The summed E-state index contributed by atoms with van der Waals surface area (Å²) in [5.41, 5.74) is 12.2. The monoisotopic (exact) mass is 399 g/mol. The number of aliphatic carboxylic acids is 1. The van der Waals surface area contributed by atoms with E-state index in [1.807, 2.05) is 6.26 Å². The molecule has 7 N–H and O–H groups in total. The molecule has 0 amide bonds. The summed E-state index contributed by atoms with van der Waals surface area (Å²) in [5, 5.41) is 29.6. The zero-order valence-electron chi connectivity index (χ0n) is 14.8. The van der Waals surface area contributed by atoms with Crippen molar-refractivity contribution in [3.05, 3.63) is 12.7 Å². The van der Waals surface area contributed by atoms with Gasteiger partial charge in [-0.1, -0.05) is 0 Å². The lowest BCUT2D eigenvalue weighted by Crippen LogP contribution is -2.47. The molecule has 0 radical (unpaired) electrons. The van der Waals surface area contributed by atoms with E-state index in [1.54, 1.807) is 6.92 Å². The molecule has 1 aliphatic rings. The average molecular weight is 399 g/mol. The molecule has 11 nitrogen and oxygen atoms in total. The minimum atomic E-state index is -1.20.